The minimum atomic E-state index is -1.21. The number of carbonyl (C=O) groups excluding carboxylic acids is 2. The van der Waals surface area contributed by atoms with E-state index in [1.165, 1.54) is 11.1 Å². The molecule has 5 aliphatic heterocycles. The zero-order valence-corrected chi connectivity index (χ0v) is 26.3. The molecular weight excluding hydrogens is 580 g/mol. The molecule has 2 saturated heterocycles. The summed E-state index contributed by atoms with van der Waals surface area (Å²) in [6, 6.07) is 13.8. The Morgan fingerprint density at radius 1 is 0.886 bits per heavy atom. The molecule has 0 radical (unpaired) electrons. The highest BCUT2D eigenvalue weighted by molar-refractivity contribution is 7.97. The van der Waals surface area contributed by atoms with E-state index in [0.29, 0.717) is 56.8 Å². The van der Waals surface area contributed by atoms with Gasteiger partial charge in [0.1, 0.15) is 18.8 Å². The maximum Gasteiger partial charge on any atom is 0.410 e. The molecule has 10 nitrogen and oxygen atoms in total. The average Bonchev–Trinajstić information content (AvgIpc) is 3.75. The lowest BCUT2D eigenvalue weighted by atomic mass is 10.0. The van der Waals surface area contributed by atoms with Crippen LogP contribution in [0.25, 0.3) is 0 Å². The number of aliphatic hydroxyl groups is 1. The summed E-state index contributed by atoms with van der Waals surface area (Å²) in [5.74, 6) is 2.07. The van der Waals surface area contributed by atoms with Crippen molar-refractivity contribution in [3.8, 4) is 11.5 Å². The van der Waals surface area contributed by atoms with E-state index in [1.807, 2.05) is 62.1 Å². The number of hydrogen-bond donors (Lipinski definition) is 1. The summed E-state index contributed by atoms with van der Waals surface area (Å²) in [5, 5.41) is 11.2. The Hall–Kier alpha value is -3.41. The average molecular weight is 621 g/mol. The molecule has 0 bridgehead atoms. The van der Waals surface area contributed by atoms with Gasteiger partial charge in [-0.3, -0.25) is 4.79 Å². The molecule has 7 rings (SSSR count). The summed E-state index contributed by atoms with van der Waals surface area (Å²) in [4.78, 5) is 33.0. The van der Waals surface area contributed by atoms with Crippen molar-refractivity contribution in [2.24, 2.45) is 11.8 Å². The lowest BCUT2D eigenvalue weighted by Gasteiger charge is -2.27. The molecule has 3 atom stereocenters. The quantitative estimate of drug-likeness (QED) is 0.394. The Balaban J connectivity index is 0.914. The van der Waals surface area contributed by atoms with Gasteiger partial charge in [0.25, 0.3) is 5.91 Å². The molecule has 2 amide bonds. The third kappa shape index (κ3) is 5.97. The summed E-state index contributed by atoms with van der Waals surface area (Å²) < 4.78 is 19.2. The zero-order chi connectivity index (χ0) is 30.6. The van der Waals surface area contributed by atoms with Crippen molar-refractivity contribution in [3.63, 3.8) is 0 Å². The summed E-state index contributed by atoms with van der Waals surface area (Å²) in [5.41, 5.74) is 3.63. The van der Waals surface area contributed by atoms with Crippen molar-refractivity contribution in [2.75, 3.05) is 70.5 Å². The predicted octanol–water partition coefficient (Wildman–Crippen LogP) is 3.96. The molecule has 5 aliphatic rings. The van der Waals surface area contributed by atoms with E-state index in [2.05, 4.69) is 15.3 Å². The summed E-state index contributed by atoms with van der Waals surface area (Å²) >= 11 is 1.69. The van der Waals surface area contributed by atoms with Gasteiger partial charge in [-0.15, -0.1) is 0 Å². The summed E-state index contributed by atoms with van der Waals surface area (Å²) in [6.45, 7) is 12.5. The van der Waals surface area contributed by atoms with Gasteiger partial charge in [-0.25, -0.2) is 9.10 Å². The zero-order valence-electron chi connectivity index (χ0n) is 25.5. The molecule has 2 aromatic rings. The standard InChI is InChI=1S/C33H40N4O6S/c1-33(2,3)43-32(40)36-17-22-13-34(14-23(22)18-36)26-6-4-5-21(11-26)30(38)31(39)35-15-24-19-37(20-25(24)16-35)44-27-7-8-28-29(12-27)42-10-9-41-28/h4-8,11-12,22-23,30,38H,9-10,13-20H2,1-3H3. The van der Waals surface area contributed by atoms with Crippen LogP contribution in [0.15, 0.2) is 58.5 Å². The minimum absolute atomic E-state index is 0.240. The molecule has 11 heteroatoms. The number of aliphatic hydroxyl groups excluding tert-OH is 1. The van der Waals surface area contributed by atoms with Gasteiger partial charge in [-0.1, -0.05) is 12.1 Å². The molecule has 234 valence electrons. The monoisotopic (exact) mass is 620 g/mol. The Morgan fingerprint density at radius 2 is 1.57 bits per heavy atom. The third-order valence-electron chi connectivity index (χ3n) is 8.98. The van der Waals surface area contributed by atoms with Crippen LogP contribution in [0, 0.1) is 11.8 Å². The van der Waals surface area contributed by atoms with Gasteiger partial charge in [0.15, 0.2) is 17.6 Å². The van der Waals surface area contributed by atoms with E-state index in [0.717, 1.165) is 48.3 Å². The van der Waals surface area contributed by atoms with E-state index in [1.54, 1.807) is 16.8 Å². The van der Waals surface area contributed by atoms with Crippen LogP contribution in [0.5, 0.6) is 11.5 Å². The lowest BCUT2D eigenvalue weighted by Crippen LogP contribution is -2.37. The molecule has 2 aromatic carbocycles. The highest BCUT2D eigenvalue weighted by Gasteiger charge is 2.43. The molecular formula is C33H40N4O6S. The second-order valence-corrected chi connectivity index (χ2v) is 14.6. The van der Waals surface area contributed by atoms with Crippen molar-refractivity contribution >= 4 is 29.6 Å². The first-order valence-corrected chi connectivity index (χ1v) is 16.2. The molecule has 3 unspecified atom stereocenters. The van der Waals surface area contributed by atoms with E-state index in [4.69, 9.17) is 14.2 Å². The SMILES string of the molecule is CC(C)(C)OC(=O)N1CC2CN(c3cccc(C(O)C(=O)N4CC5=C(CN(Sc6ccc7c(c6)OCCO7)C5)C4)c3)CC2C1. The van der Waals surface area contributed by atoms with Crippen molar-refractivity contribution in [1.29, 1.82) is 0 Å². The molecule has 1 N–H and O–H groups in total. The number of hydrogen-bond acceptors (Lipinski definition) is 9. The van der Waals surface area contributed by atoms with Crippen molar-refractivity contribution in [3.05, 3.63) is 59.2 Å². The second kappa shape index (κ2) is 11.5. The van der Waals surface area contributed by atoms with E-state index in [9.17, 15) is 14.7 Å². The fourth-order valence-electron chi connectivity index (χ4n) is 6.88. The number of carbonyl (C=O) groups is 2. The van der Waals surface area contributed by atoms with Gasteiger partial charge in [-0.2, -0.15) is 0 Å². The van der Waals surface area contributed by atoms with Gasteiger partial charge < -0.3 is 34.0 Å². The van der Waals surface area contributed by atoms with Crippen LogP contribution in [0.2, 0.25) is 0 Å². The van der Waals surface area contributed by atoms with Gasteiger partial charge in [0.05, 0.1) is 0 Å². The molecule has 0 saturated carbocycles. The molecule has 0 aliphatic carbocycles. The van der Waals surface area contributed by atoms with E-state index < -0.39 is 11.7 Å². The number of amides is 2. The first-order valence-electron chi connectivity index (χ1n) is 15.4. The van der Waals surface area contributed by atoms with Crippen LogP contribution in [0.3, 0.4) is 0 Å². The number of benzene rings is 2. The Kier molecular flexibility index (Phi) is 7.66. The number of anilines is 1. The van der Waals surface area contributed by atoms with Crippen LogP contribution in [0.1, 0.15) is 32.4 Å². The van der Waals surface area contributed by atoms with E-state index >= 15 is 0 Å². The van der Waals surface area contributed by atoms with Crippen molar-refractivity contribution < 1.29 is 28.9 Å². The van der Waals surface area contributed by atoms with Crippen LogP contribution in [-0.2, 0) is 9.53 Å². The second-order valence-electron chi connectivity index (χ2n) is 13.4. The van der Waals surface area contributed by atoms with E-state index in [-0.39, 0.29) is 12.0 Å². The number of fused-ring (bicyclic) bond motifs is 2. The van der Waals surface area contributed by atoms with Crippen molar-refractivity contribution in [1.82, 2.24) is 14.1 Å². The number of likely N-dealkylation sites (tertiary alicyclic amines) is 1. The highest BCUT2D eigenvalue weighted by Crippen LogP contribution is 2.39. The molecule has 2 fully saturated rings. The van der Waals surface area contributed by atoms with Crippen LogP contribution < -0.4 is 14.4 Å². The lowest BCUT2D eigenvalue weighted by molar-refractivity contribution is -0.139. The van der Waals surface area contributed by atoms with Crippen LogP contribution in [0.4, 0.5) is 10.5 Å². The van der Waals surface area contributed by atoms with Gasteiger partial charge in [-0.05, 0) is 79.8 Å². The third-order valence-corrected chi connectivity index (χ3v) is 9.96. The number of ether oxygens (including phenoxy) is 3. The fourth-order valence-corrected chi connectivity index (χ4v) is 7.91. The van der Waals surface area contributed by atoms with Gasteiger partial charge >= 0.3 is 6.09 Å². The fraction of sp³-hybridized carbons (Fsp3) is 0.515. The van der Waals surface area contributed by atoms with Crippen LogP contribution >= 0.6 is 11.9 Å². The molecule has 0 spiro atoms. The van der Waals surface area contributed by atoms with Gasteiger partial charge in [0.2, 0.25) is 0 Å². The van der Waals surface area contributed by atoms with Crippen molar-refractivity contribution in [2.45, 2.75) is 37.4 Å². The summed E-state index contributed by atoms with van der Waals surface area (Å²) in [7, 11) is 0. The molecule has 0 aromatic heterocycles. The first kappa shape index (κ1) is 29.3. The Morgan fingerprint density at radius 3 is 2.25 bits per heavy atom. The maximum absolute atomic E-state index is 13.4. The Labute approximate surface area is 262 Å². The topological polar surface area (TPSA) is 95.0 Å². The maximum atomic E-state index is 13.4. The normalized spacial score (nSPS) is 23.7. The number of rotatable bonds is 5. The molecule has 5 heterocycles. The van der Waals surface area contributed by atoms with Gasteiger partial charge in [0, 0.05) is 74.8 Å². The number of nitrogens with zero attached hydrogens (tertiary/aromatic N) is 4. The predicted molar refractivity (Wildman–Crippen MR) is 167 cm³/mol. The smallest absolute Gasteiger partial charge is 0.410 e. The van der Waals surface area contributed by atoms with Crippen LogP contribution in [-0.4, -0.2) is 102 Å². The summed E-state index contributed by atoms with van der Waals surface area (Å²) in [6.07, 6.45) is -1.45. The largest absolute Gasteiger partial charge is 0.486 e. The minimum Gasteiger partial charge on any atom is -0.486 e. The molecule has 44 heavy (non-hydrogen) atoms. The Bertz CT molecular complexity index is 1460. The highest BCUT2D eigenvalue weighted by atomic mass is 32.2. The first-order chi connectivity index (χ1) is 21.1.